The quantitative estimate of drug-likeness (QED) is 0.737. The van der Waals surface area contributed by atoms with Crippen molar-refractivity contribution in [1.82, 2.24) is 14.9 Å². The largest absolute Gasteiger partial charge is 0.444 e. The van der Waals surface area contributed by atoms with E-state index in [-0.39, 0.29) is 23.0 Å². The molecule has 1 unspecified atom stereocenters. The van der Waals surface area contributed by atoms with Gasteiger partial charge in [0, 0.05) is 19.0 Å². The number of ether oxygens (including phenoxy) is 1. The van der Waals surface area contributed by atoms with Gasteiger partial charge in [0.15, 0.2) is 10.8 Å². The molecule has 1 saturated heterocycles. The lowest BCUT2D eigenvalue weighted by atomic mass is 9.99. The molecule has 0 spiro atoms. The highest BCUT2D eigenvalue weighted by Gasteiger charge is 2.26. The van der Waals surface area contributed by atoms with E-state index in [9.17, 15) is 4.79 Å². The second kappa shape index (κ2) is 7.05. The van der Waals surface area contributed by atoms with Gasteiger partial charge >= 0.3 is 6.09 Å². The summed E-state index contributed by atoms with van der Waals surface area (Å²) in [4.78, 5) is 21.8. The molecule has 1 aliphatic rings. The van der Waals surface area contributed by atoms with Gasteiger partial charge in [-0.2, -0.15) is 0 Å². The second-order valence-electron chi connectivity index (χ2n) is 6.47. The number of hydrogen-bond acceptors (Lipinski definition) is 5. The van der Waals surface area contributed by atoms with E-state index in [0.29, 0.717) is 18.8 Å². The van der Waals surface area contributed by atoms with Crippen molar-refractivity contribution in [3.63, 3.8) is 0 Å². The lowest BCUT2D eigenvalue weighted by molar-refractivity contribution is 0.0190. The van der Waals surface area contributed by atoms with Crippen LogP contribution in [0.4, 0.5) is 10.6 Å². The van der Waals surface area contributed by atoms with Crippen LogP contribution in [0.1, 0.15) is 39.3 Å². The van der Waals surface area contributed by atoms with E-state index in [1.54, 1.807) is 4.90 Å². The number of carbonyl (C=O) groups is 1. The van der Waals surface area contributed by atoms with Crippen LogP contribution in [0.5, 0.6) is 0 Å². The molecular weight excluding hydrogens is 316 g/mol. The fourth-order valence-electron chi connectivity index (χ4n) is 2.22. The van der Waals surface area contributed by atoms with Gasteiger partial charge in [0.2, 0.25) is 0 Å². The van der Waals surface area contributed by atoms with Crippen molar-refractivity contribution >= 4 is 23.5 Å². The highest BCUT2D eigenvalue weighted by atomic mass is 35.5. The fourth-order valence-corrected chi connectivity index (χ4v) is 2.41. The van der Waals surface area contributed by atoms with Gasteiger partial charge in [-0.1, -0.05) is 17.5 Å². The Hall–Kier alpha value is -2.00. The smallest absolute Gasteiger partial charge is 0.410 e. The minimum absolute atomic E-state index is 0.0617. The van der Waals surface area contributed by atoms with E-state index in [1.807, 2.05) is 20.8 Å². The van der Waals surface area contributed by atoms with Crippen molar-refractivity contribution < 1.29 is 9.53 Å². The Kier molecular flexibility index (Phi) is 5.32. The van der Waals surface area contributed by atoms with E-state index in [0.717, 1.165) is 12.8 Å². The SMILES string of the molecule is CC(C)(C)OC(=O)N1CCCC(C#Cc2ncc(N)nc2Cl)C1. The third-order valence-corrected chi connectivity index (χ3v) is 3.48. The number of halogens is 1. The summed E-state index contributed by atoms with van der Waals surface area (Å²) in [5.74, 6) is 6.37. The Balaban J connectivity index is 2.02. The Bertz CT molecular complexity index is 646. The number of anilines is 1. The van der Waals surface area contributed by atoms with Crippen LogP contribution < -0.4 is 5.73 Å². The van der Waals surface area contributed by atoms with Crippen molar-refractivity contribution in [1.29, 1.82) is 0 Å². The van der Waals surface area contributed by atoms with Crippen molar-refractivity contribution in [2.24, 2.45) is 5.92 Å². The van der Waals surface area contributed by atoms with Crippen molar-refractivity contribution in [2.75, 3.05) is 18.8 Å². The third kappa shape index (κ3) is 5.29. The summed E-state index contributed by atoms with van der Waals surface area (Å²) in [6, 6.07) is 0. The molecule has 0 aliphatic carbocycles. The summed E-state index contributed by atoms with van der Waals surface area (Å²) >= 11 is 5.96. The first kappa shape index (κ1) is 17.4. The van der Waals surface area contributed by atoms with Crippen molar-refractivity contribution in [2.45, 2.75) is 39.2 Å². The van der Waals surface area contributed by atoms with Gasteiger partial charge in [0.25, 0.3) is 0 Å². The molecule has 0 bridgehead atoms. The van der Waals surface area contributed by atoms with Crippen LogP contribution in [0.25, 0.3) is 0 Å². The zero-order chi connectivity index (χ0) is 17.0. The molecule has 124 valence electrons. The van der Waals surface area contributed by atoms with Gasteiger partial charge in [0.1, 0.15) is 11.4 Å². The molecule has 1 atom stereocenters. The average Bonchev–Trinajstić information content (AvgIpc) is 2.45. The predicted molar refractivity (Wildman–Crippen MR) is 88.9 cm³/mol. The number of carbonyl (C=O) groups excluding carboxylic acids is 1. The molecule has 2 N–H and O–H groups in total. The monoisotopic (exact) mass is 336 g/mol. The van der Waals surface area contributed by atoms with Gasteiger partial charge in [-0.15, -0.1) is 0 Å². The van der Waals surface area contributed by atoms with Crippen molar-refractivity contribution in [3.8, 4) is 11.8 Å². The standard InChI is InChI=1S/C16H21ClN4O2/c1-16(2,3)23-15(22)21-8-4-5-11(10-21)6-7-12-14(17)20-13(18)9-19-12/h9,11H,4-5,8,10H2,1-3H3,(H2,18,20). The number of likely N-dealkylation sites (tertiary alicyclic amines) is 1. The molecule has 0 saturated carbocycles. The van der Waals surface area contributed by atoms with Gasteiger partial charge in [-0.25, -0.2) is 14.8 Å². The molecule has 1 aliphatic heterocycles. The summed E-state index contributed by atoms with van der Waals surface area (Å²) in [5, 5.41) is 0.192. The number of nitrogen functional groups attached to an aromatic ring is 1. The lowest BCUT2D eigenvalue weighted by Gasteiger charge is -2.32. The first-order valence-electron chi connectivity index (χ1n) is 7.52. The number of nitrogens with zero attached hydrogens (tertiary/aromatic N) is 3. The van der Waals surface area contributed by atoms with Gasteiger partial charge < -0.3 is 15.4 Å². The maximum atomic E-state index is 12.1. The second-order valence-corrected chi connectivity index (χ2v) is 6.83. The Morgan fingerprint density at radius 1 is 1.52 bits per heavy atom. The van der Waals surface area contributed by atoms with Gasteiger partial charge in [-0.3, -0.25) is 0 Å². The molecule has 7 heteroatoms. The molecule has 6 nitrogen and oxygen atoms in total. The van der Waals surface area contributed by atoms with Crippen molar-refractivity contribution in [3.05, 3.63) is 17.0 Å². The molecule has 1 fully saturated rings. The summed E-state index contributed by atoms with van der Waals surface area (Å²) in [6.07, 6.45) is 2.94. The van der Waals surface area contributed by atoms with E-state index in [2.05, 4.69) is 21.8 Å². The van der Waals surface area contributed by atoms with Crippen LogP contribution in [-0.4, -0.2) is 39.7 Å². The topological polar surface area (TPSA) is 81.3 Å². The van der Waals surface area contributed by atoms with Crippen LogP contribution in [0, 0.1) is 17.8 Å². The molecular formula is C16H21ClN4O2. The maximum absolute atomic E-state index is 12.1. The zero-order valence-corrected chi connectivity index (χ0v) is 14.4. The van der Waals surface area contributed by atoms with Crippen LogP contribution >= 0.6 is 11.6 Å². The van der Waals surface area contributed by atoms with E-state index < -0.39 is 5.60 Å². The Morgan fingerprint density at radius 2 is 2.26 bits per heavy atom. The molecule has 1 amide bonds. The summed E-state index contributed by atoms with van der Waals surface area (Å²) < 4.78 is 5.40. The van der Waals surface area contributed by atoms with E-state index >= 15 is 0 Å². The van der Waals surface area contributed by atoms with E-state index in [1.165, 1.54) is 6.20 Å². The minimum atomic E-state index is -0.497. The molecule has 1 aromatic heterocycles. The Morgan fingerprint density at radius 3 is 2.91 bits per heavy atom. The number of piperidine rings is 1. The molecule has 0 radical (unpaired) electrons. The molecule has 2 heterocycles. The zero-order valence-electron chi connectivity index (χ0n) is 13.6. The third-order valence-electron chi connectivity index (χ3n) is 3.22. The Labute approximate surface area is 141 Å². The minimum Gasteiger partial charge on any atom is -0.444 e. The number of rotatable bonds is 0. The number of amides is 1. The highest BCUT2D eigenvalue weighted by molar-refractivity contribution is 6.30. The van der Waals surface area contributed by atoms with Gasteiger partial charge in [-0.05, 0) is 39.5 Å². The van der Waals surface area contributed by atoms with Gasteiger partial charge in [0.05, 0.1) is 6.20 Å². The molecule has 0 aromatic carbocycles. The van der Waals surface area contributed by atoms with Crippen LogP contribution in [0.3, 0.4) is 0 Å². The average molecular weight is 337 g/mol. The normalized spacial score (nSPS) is 18.1. The van der Waals surface area contributed by atoms with Crippen LogP contribution in [-0.2, 0) is 4.74 Å². The fraction of sp³-hybridized carbons (Fsp3) is 0.562. The number of aromatic nitrogens is 2. The summed E-state index contributed by atoms with van der Waals surface area (Å²) in [5.41, 5.74) is 5.41. The first-order chi connectivity index (χ1) is 10.7. The lowest BCUT2D eigenvalue weighted by Crippen LogP contribution is -2.42. The number of hydrogen-bond donors (Lipinski definition) is 1. The van der Waals surface area contributed by atoms with Crippen LogP contribution in [0.2, 0.25) is 5.15 Å². The highest BCUT2D eigenvalue weighted by Crippen LogP contribution is 2.19. The predicted octanol–water partition coefficient (Wildman–Crippen LogP) is 2.71. The summed E-state index contributed by atoms with van der Waals surface area (Å²) in [7, 11) is 0. The maximum Gasteiger partial charge on any atom is 0.410 e. The summed E-state index contributed by atoms with van der Waals surface area (Å²) in [6.45, 7) is 6.80. The molecule has 23 heavy (non-hydrogen) atoms. The van der Waals surface area contributed by atoms with Crippen LogP contribution in [0.15, 0.2) is 6.20 Å². The molecule has 1 aromatic rings. The van der Waals surface area contributed by atoms with E-state index in [4.69, 9.17) is 22.1 Å². The number of nitrogens with two attached hydrogens (primary N) is 1. The first-order valence-corrected chi connectivity index (χ1v) is 7.90. The molecule has 2 rings (SSSR count).